The van der Waals surface area contributed by atoms with Gasteiger partial charge in [0.2, 0.25) is 0 Å². The molecule has 0 fully saturated rings. The van der Waals surface area contributed by atoms with Crippen molar-refractivity contribution < 1.29 is 0 Å². The van der Waals surface area contributed by atoms with E-state index in [9.17, 15) is 0 Å². The maximum Gasteiger partial charge on any atom is 0.0543 e. The Bertz CT molecular complexity index is 331. The maximum absolute atomic E-state index is 4.43. The zero-order chi connectivity index (χ0) is 14.1. The molecule has 0 spiro atoms. The van der Waals surface area contributed by atoms with Crippen LogP contribution in [0.2, 0.25) is 0 Å². The zero-order valence-corrected chi connectivity index (χ0v) is 12.9. The van der Waals surface area contributed by atoms with E-state index >= 15 is 0 Å². The summed E-state index contributed by atoms with van der Waals surface area (Å²) < 4.78 is 0. The summed E-state index contributed by atoms with van der Waals surface area (Å²) in [5, 5.41) is 3.34. The molecule has 108 valence electrons. The predicted molar refractivity (Wildman–Crippen MR) is 82.1 cm³/mol. The van der Waals surface area contributed by atoms with Crippen molar-refractivity contribution in [3.63, 3.8) is 0 Å². The van der Waals surface area contributed by atoms with Crippen molar-refractivity contribution in [1.82, 2.24) is 15.2 Å². The summed E-state index contributed by atoms with van der Waals surface area (Å²) in [7, 11) is 2.04. The van der Waals surface area contributed by atoms with Gasteiger partial charge in [-0.1, -0.05) is 33.3 Å². The average Bonchev–Trinajstić information content (AvgIpc) is 2.39. The number of aromatic nitrogens is 1. The maximum atomic E-state index is 4.43. The summed E-state index contributed by atoms with van der Waals surface area (Å²) in [5.74, 6) is 0. The Morgan fingerprint density at radius 1 is 1.32 bits per heavy atom. The molecule has 0 amide bonds. The highest BCUT2D eigenvalue weighted by Gasteiger charge is 2.25. The van der Waals surface area contributed by atoms with Gasteiger partial charge in [0.15, 0.2) is 0 Å². The third-order valence-electron chi connectivity index (χ3n) is 3.62. The summed E-state index contributed by atoms with van der Waals surface area (Å²) in [6.07, 6.45) is 4.37. The van der Waals surface area contributed by atoms with Crippen molar-refractivity contribution in [1.29, 1.82) is 0 Å². The fourth-order valence-corrected chi connectivity index (χ4v) is 2.79. The lowest BCUT2D eigenvalue weighted by molar-refractivity contribution is 0.150. The Balaban J connectivity index is 2.63. The second kappa shape index (κ2) is 8.28. The van der Waals surface area contributed by atoms with E-state index in [1.54, 1.807) is 0 Å². The van der Waals surface area contributed by atoms with Gasteiger partial charge in [-0.15, -0.1) is 0 Å². The summed E-state index contributed by atoms with van der Waals surface area (Å²) in [5.41, 5.74) is 1.50. The molecule has 3 heteroatoms. The van der Waals surface area contributed by atoms with Crippen LogP contribution in [0.1, 0.15) is 39.3 Å². The van der Waals surface area contributed by atoms with Crippen LogP contribution in [-0.4, -0.2) is 36.6 Å². The van der Waals surface area contributed by atoms with E-state index in [1.807, 2.05) is 19.3 Å². The lowest BCUT2D eigenvalue weighted by Gasteiger charge is -2.35. The van der Waals surface area contributed by atoms with Gasteiger partial charge in [0.25, 0.3) is 0 Å². The van der Waals surface area contributed by atoms with Crippen LogP contribution in [0.15, 0.2) is 24.4 Å². The van der Waals surface area contributed by atoms with E-state index in [4.69, 9.17) is 0 Å². The molecule has 0 radical (unpaired) electrons. The van der Waals surface area contributed by atoms with Crippen LogP contribution in [-0.2, 0) is 6.54 Å². The van der Waals surface area contributed by atoms with Crippen molar-refractivity contribution in [2.75, 3.05) is 26.7 Å². The van der Waals surface area contributed by atoms with E-state index in [1.165, 1.54) is 12.8 Å². The van der Waals surface area contributed by atoms with E-state index in [0.717, 1.165) is 31.9 Å². The van der Waals surface area contributed by atoms with E-state index < -0.39 is 0 Å². The number of nitrogens with zero attached hydrogens (tertiary/aromatic N) is 2. The minimum Gasteiger partial charge on any atom is -0.319 e. The highest BCUT2D eigenvalue weighted by atomic mass is 15.1. The molecule has 1 aromatic rings. The average molecular weight is 263 g/mol. The van der Waals surface area contributed by atoms with Gasteiger partial charge in [0.1, 0.15) is 0 Å². The Morgan fingerprint density at radius 3 is 2.63 bits per heavy atom. The van der Waals surface area contributed by atoms with Crippen molar-refractivity contribution >= 4 is 0 Å². The van der Waals surface area contributed by atoms with E-state index in [2.05, 4.69) is 48.1 Å². The van der Waals surface area contributed by atoms with Crippen molar-refractivity contribution in [2.45, 2.75) is 40.2 Å². The number of nitrogens with one attached hydrogen (secondary N) is 1. The Labute approximate surface area is 118 Å². The lowest BCUT2D eigenvalue weighted by atomic mass is 9.84. The molecule has 0 aliphatic carbocycles. The third-order valence-corrected chi connectivity index (χ3v) is 3.62. The number of pyridine rings is 1. The van der Waals surface area contributed by atoms with Crippen molar-refractivity contribution in [2.24, 2.45) is 5.41 Å². The van der Waals surface area contributed by atoms with E-state index in [-0.39, 0.29) is 0 Å². The summed E-state index contributed by atoms with van der Waals surface area (Å²) in [6, 6.07) is 6.15. The smallest absolute Gasteiger partial charge is 0.0543 e. The molecule has 0 saturated carbocycles. The van der Waals surface area contributed by atoms with Gasteiger partial charge >= 0.3 is 0 Å². The number of rotatable bonds is 9. The number of hydrogen-bond donors (Lipinski definition) is 1. The molecule has 1 heterocycles. The zero-order valence-electron chi connectivity index (χ0n) is 12.9. The van der Waals surface area contributed by atoms with Crippen LogP contribution in [0.4, 0.5) is 0 Å². The molecule has 1 atom stereocenters. The molecule has 0 aliphatic rings. The summed E-state index contributed by atoms with van der Waals surface area (Å²) in [4.78, 5) is 6.93. The molecular weight excluding hydrogens is 234 g/mol. The normalized spacial score (nSPS) is 14.6. The first-order valence-electron chi connectivity index (χ1n) is 7.40. The van der Waals surface area contributed by atoms with Gasteiger partial charge in [-0.25, -0.2) is 0 Å². The molecule has 1 rings (SSSR count). The monoisotopic (exact) mass is 263 g/mol. The standard InChI is InChI=1S/C16H29N3/c1-5-10-16(3,13-17-4)14-19(6-2)12-15-9-7-8-11-18-15/h7-9,11,17H,5-6,10,12-14H2,1-4H3. The topological polar surface area (TPSA) is 28.2 Å². The van der Waals surface area contributed by atoms with Crippen LogP contribution >= 0.6 is 0 Å². The minimum atomic E-state index is 0.342. The first-order chi connectivity index (χ1) is 9.13. The molecular formula is C16H29N3. The van der Waals surface area contributed by atoms with Gasteiger partial charge in [-0.05, 0) is 37.6 Å². The van der Waals surface area contributed by atoms with Crippen molar-refractivity contribution in [3.05, 3.63) is 30.1 Å². The van der Waals surface area contributed by atoms with Gasteiger partial charge in [-0.2, -0.15) is 0 Å². The largest absolute Gasteiger partial charge is 0.319 e. The summed E-state index contributed by atoms with van der Waals surface area (Å²) >= 11 is 0. The van der Waals surface area contributed by atoms with Crippen LogP contribution in [0.5, 0.6) is 0 Å². The molecule has 0 aliphatic heterocycles. The molecule has 1 aromatic heterocycles. The Kier molecular flexibility index (Phi) is 7.03. The molecule has 0 saturated heterocycles. The van der Waals surface area contributed by atoms with Crippen molar-refractivity contribution in [3.8, 4) is 0 Å². The van der Waals surface area contributed by atoms with Gasteiger partial charge < -0.3 is 5.32 Å². The van der Waals surface area contributed by atoms with Crippen LogP contribution in [0, 0.1) is 5.41 Å². The van der Waals surface area contributed by atoms with Gasteiger partial charge in [-0.3, -0.25) is 9.88 Å². The van der Waals surface area contributed by atoms with Crippen LogP contribution < -0.4 is 5.32 Å². The highest BCUT2D eigenvalue weighted by Crippen LogP contribution is 2.24. The van der Waals surface area contributed by atoms with Gasteiger partial charge in [0.05, 0.1) is 5.69 Å². The Hall–Kier alpha value is -0.930. The molecule has 1 unspecified atom stereocenters. The predicted octanol–water partition coefficient (Wildman–Crippen LogP) is 2.93. The molecule has 0 bridgehead atoms. The second-order valence-corrected chi connectivity index (χ2v) is 5.72. The SMILES string of the molecule is CCCC(C)(CNC)CN(CC)Cc1ccccn1. The molecule has 0 aromatic carbocycles. The Morgan fingerprint density at radius 2 is 2.11 bits per heavy atom. The van der Waals surface area contributed by atoms with E-state index in [0.29, 0.717) is 5.41 Å². The highest BCUT2D eigenvalue weighted by molar-refractivity contribution is 5.03. The third kappa shape index (κ3) is 5.70. The summed E-state index contributed by atoms with van der Waals surface area (Å²) in [6.45, 7) is 11.1. The minimum absolute atomic E-state index is 0.342. The molecule has 19 heavy (non-hydrogen) atoms. The lowest BCUT2D eigenvalue weighted by Crippen LogP contribution is -2.41. The number of hydrogen-bond acceptors (Lipinski definition) is 3. The van der Waals surface area contributed by atoms with Crippen LogP contribution in [0.25, 0.3) is 0 Å². The quantitative estimate of drug-likeness (QED) is 0.742. The second-order valence-electron chi connectivity index (χ2n) is 5.72. The first-order valence-corrected chi connectivity index (χ1v) is 7.40. The molecule has 1 N–H and O–H groups in total. The van der Waals surface area contributed by atoms with Gasteiger partial charge in [0, 0.05) is 25.8 Å². The fourth-order valence-electron chi connectivity index (χ4n) is 2.79. The first kappa shape index (κ1) is 16.1. The molecule has 3 nitrogen and oxygen atoms in total. The fraction of sp³-hybridized carbons (Fsp3) is 0.688. The van der Waals surface area contributed by atoms with Crippen LogP contribution in [0.3, 0.4) is 0 Å².